The van der Waals surface area contributed by atoms with Gasteiger partial charge in [-0.1, -0.05) is 51.5 Å². The Bertz CT molecular complexity index is 1190. The number of thiazole rings is 1. The van der Waals surface area contributed by atoms with Gasteiger partial charge in [-0.3, -0.25) is 14.1 Å². The maximum atomic E-state index is 11.3. The minimum atomic E-state index is -0.671. The highest BCUT2D eigenvalue weighted by molar-refractivity contribution is 9.10. The summed E-state index contributed by atoms with van der Waals surface area (Å²) in [4.78, 5) is 19.7. The lowest BCUT2D eigenvalue weighted by Gasteiger charge is -2.30. The van der Waals surface area contributed by atoms with E-state index in [4.69, 9.17) is 4.98 Å². The number of carboxylic acid groups (broad SMARTS) is 1. The third-order valence-corrected chi connectivity index (χ3v) is 7.23. The van der Waals surface area contributed by atoms with E-state index in [2.05, 4.69) is 61.6 Å². The molecular formula is C22H20BrN3O2S. The molecule has 1 aliphatic rings. The second-order valence-electron chi connectivity index (χ2n) is 7.49. The van der Waals surface area contributed by atoms with Gasteiger partial charge in [0.15, 0.2) is 4.96 Å². The summed E-state index contributed by atoms with van der Waals surface area (Å²) >= 11 is 5.22. The number of para-hydroxylation sites is 1. The molecular weight excluding hydrogens is 450 g/mol. The van der Waals surface area contributed by atoms with Crippen molar-refractivity contribution >= 4 is 48.4 Å². The fraction of sp³-hybridized carbons (Fsp3) is 0.273. The Kier molecular flexibility index (Phi) is 4.89. The van der Waals surface area contributed by atoms with Crippen molar-refractivity contribution in [3.8, 4) is 11.3 Å². The molecule has 29 heavy (non-hydrogen) atoms. The van der Waals surface area contributed by atoms with Crippen LogP contribution in [0.5, 0.6) is 0 Å². The number of piperidine rings is 1. The number of imidazole rings is 1. The number of hydrogen-bond donors (Lipinski definition) is 1. The van der Waals surface area contributed by atoms with Crippen molar-refractivity contribution < 1.29 is 9.90 Å². The molecule has 1 saturated heterocycles. The highest BCUT2D eigenvalue weighted by atomic mass is 79.9. The minimum Gasteiger partial charge on any atom is -0.481 e. The molecule has 0 atom stereocenters. The first-order valence-corrected chi connectivity index (χ1v) is 11.3. The molecule has 3 heterocycles. The zero-order valence-electron chi connectivity index (χ0n) is 15.7. The zero-order chi connectivity index (χ0) is 20.0. The van der Waals surface area contributed by atoms with E-state index in [9.17, 15) is 9.90 Å². The maximum absolute atomic E-state index is 11.3. The van der Waals surface area contributed by atoms with Crippen LogP contribution in [-0.2, 0) is 11.3 Å². The topological polar surface area (TPSA) is 57.8 Å². The zero-order valence-corrected chi connectivity index (χ0v) is 18.1. The summed E-state index contributed by atoms with van der Waals surface area (Å²) in [7, 11) is 0. The molecule has 5 nitrogen and oxygen atoms in total. The van der Waals surface area contributed by atoms with Crippen molar-refractivity contribution in [1.29, 1.82) is 0 Å². The van der Waals surface area contributed by atoms with Crippen molar-refractivity contribution in [2.75, 3.05) is 13.1 Å². The molecule has 1 aliphatic heterocycles. The second-order valence-corrected chi connectivity index (χ2v) is 9.42. The van der Waals surface area contributed by atoms with E-state index in [1.807, 2.05) is 12.1 Å². The van der Waals surface area contributed by atoms with Gasteiger partial charge in [-0.05, 0) is 50.2 Å². The molecule has 0 spiro atoms. The van der Waals surface area contributed by atoms with Gasteiger partial charge >= 0.3 is 5.97 Å². The molecule has 4 aromatic rings. The highest BCUT2D eigenvalue weighted by Crippen LogP contribution is 2.34. The van der Waals surface area contributed by atoms with Gasteiger partial charge in [0.1, 0.15) is 0 Å². The van der Waals surface area contributed by atoms with Gasteiger partial charge in [-0.15, -0.1) is 0 Å². The molecule has 5 rings (SSSR count). The predicted molar refractivity (Wildman–Crippen MR) is 119 cm³/mol. The van der Waals surface area contributed by atoms with Gasteiger partial charge < -0.3 is 5.11 Å². The number of rotatable bonds is 4. The largest absolute Gasteiger partial charge is 0.481 e. The number of carbonyl (C=O) groups is 1. The minimum absolute atomic E-state index is 0.218. The number of fused-ring (bicyclic) bond motifs is 3. The van der Waals surface area contributed by atoms with Crippen LogP contribution < -0.4 is 0 Å². The van der Waals surface area contributed by atoms with E-state index in [0.717, 1.165) is 40.3 Å². The summed E-state index contributed by atoms with van der Waals surface area (Å²) in [5.74, 6) is -0.889. The van der Waals surface area contributed by atoms with E-state index in [1.54, 1.807) is 11.3 Å². The molecule has 2 aromatic carbocycles. The molecule has 0 bridgehead atoms. The van der Waals surface area contributed by atoms with Crippen LogP contribution >= 0.6 is 27.3 Å². The molecule has 1 fully saturated rings. The first-order chi connectivity index (χ1) is 14.1. The Labute approximate surface area is 180 Å². The van der Waals surface area contributed by atoms with Gasteiger partial charge in [-0.2, -0.15) is 0 Å². The van der Waals surface area contributed by atoms with Gasteiger partial charge in [0, 0.05) is 16.6 Å². The van der Waals surface area contributed by atoms with Crippen molar-refractivity contribution in [2.24, 2.45) is 5.92 Å². The van der Waals surface area contributed by atoms with E-state index >= 15 is 0 Å². The van der Waals surface area contributed by atoms with Crippen LogP contribution in [0.2, 0.25) is 0 Å². The second kappa shape index (κ2) is 7.55. The normalized spacial score (nSPS) is 16.0. The summed E-state index contributed by atoms with van der Waals surface area (Å²) in [6.45, 7) is 2.36. The average molecular weight is 470 g/mol. The average Bonchev–Trinajstić information content (AvgIpc) is 3.26. The monoisotopic (exact) mass is 469 g/mol. The smallest absolute Gasteiger partial charge is 0.306 e. The molecule has 0 unspecified atom stereocenters. The molecule has 7 heteroatoms. The Hall–Kier alpha value is -2.22. The first kappa shape index (κ1) is 18.8. The number of benzene rings is 2. The van der Waals surface area contributed by atoms with Crippen LogP contribution in [-0.4, -0.2) is 38.4 Å². The summed E-state index contributed by atoms with van der Waals surface area (Å²) in [5, 5.41) is 9.29. The number of aromatic nitrogens is 2. The molecule has 2 aromatic heterocycles. The quantitative estimate of drug-likeness (QED) is 0.441. The van der Waals surface area contributed by atoms with Gasteiger partial charge in [0.2, 0.25) is 0 Å². The standard InChI is InChI=1S/C22H20BrN3O2S/c23-16-7-5-14(6-8-16)20-18(13-25-11-9-15(10-12-25)21(27)28)26-17-3-1-2-4-19(17)29-22(26)24-20/h1-8,15H,9-13H2,(H,27,28). The molecule has 1 N–H and O–H groups in total. The van der Waals surface area contributed by atoms with Crippen LogP contribution in [0.1, 0.15) is 18.5 Å². The van der Waals surface area contributed by atoms with E-state index < -0.39 is 5.97 Å². The van der Waals surface area contributed by atoms with E-state index in [-0.39, 0.29) is 5.92 Å². The van der Waals surface area contributed by atoms with Gasteiger partial charge in [0.25, 0.3) is 0 Å². The number of nitrogens with zero attached hydrogens (tertiary/aromatic N) is 3. The van der Waals surface area contributed by atoms with Crippen molar-refractivity contribution in [2.45, 2.75) is 19.4 Å². The summed E-state index contributed by atoms with van der Waals surface area (Å²) in [6, 6.07) is 16.7. The fourth-order valence-electron chi connectivity index (χ4n) is 4.11. The SMILES string of the molecule is O=C(O)C1CCN(Cc2c(-c3ccc(Br)cc3)nc3sc4ccccc4n23)CC1. The number of likely N-dealkylation sites (tertiary alicyclic amines) is 1. The van der Waals surface area contributed by atoms with Crippen molar-refractivity contribution in [3.05, 3.63) is 58.7 Å². The summed E-state index contributed by atoms with van der Waals surface area (Å²) < 4.78 is 4.55. The number of aliphatic carboxylic acids is 1. The lowest BCUT2D eigenvalue weighted by molar-refractivity contribution is -0.143. The predicted octanol–water partition coefficient (Wildman–Crippen LogP) is 5.28. The summed E-state index contributed by atoms with van der Waals surface area (Å²) in [5.41, 5.74) is 4.46. The van der Waals surface area contributed by atoms with Gasteiger partial charge in [-0.25, -0.2) is 4.98 Å². The number of hydrogen-bond acceptors (Lipinski definition) is 4. The molecule has 0 saturated carbocycles. The number of carboxylic acids is 1. The van der Waals surface area contributed by atoms with Crippen LogP contribution in [0.15, 0.2) is 53.0 Å². The fourth-order valence-corrected chi connectivity index (χ4v) is 5.42. The Morgan fingerprint density at radius 2 is 1.86 bits per heavy atom. The molecule has 148 valence electrons. The molecule has 0 amide bonds. The third kappa shape index (κ3) is 3.47. The highest BCUT2D eigenvalue weighted by Gasteiger charge is 2.27. The first-order valence-electron chi connectivity index (χ1n) is 9.70. The van der Waals surface area contributed by atoms with Gasteiger partial charge in [0.05, 0.1) is 27.5 Å². The van der Waals surface area contributed by atoms with E-state index in [0.29, 0.717) is 12.8 Å². The Morgan fingerprint density at radius 1 is 1.14 bits per heavy atom. The van der Waals surface area contributed by atoms with Crippen LogP contribution in [0.25, 0.3) is 26.4 Å². The van der Waals surface area contributed by atoms with Crippen molar-refractivity contribution in [1.82, 2.24) is 14.3 Å². The van der Waals surface area contributed by atoms with Crippen LogP contribution in [0.4, 0.5) is 0 Å². The van der Waals surface area contributed by atoms with Crippen LogP contribution in [0.3, 0.4) is 0 Å². The van der Waals surface area contributed by atoms with Crippen LogP contribution in [0, 0.1) is 5.92 Å². The lowest BCUT2D eigenvalue weighted by Crippen LogP contribution is -2.36. The third-order valence-electron chi connectivity index (χ3n) is 5.68. The molecule has 0 aliphatic carbocycles. The Balaban J connectivity index is 1.58. The van der Waals surface area contributed by atoms with E-state index in [1.165, 1.54) is 15.9 Å². The lowest BCUT2D eigenvalue weighted by atomic mass is 9.97. The maximum Gasteiger partial charge on any atom is 0.306 e. The molecule has 0 radical (unpaired) electrons. The summed E-state index contributed by atoms with van der Waals surface area (Å²) in [6.07, 6.45) is 1.41. The van der Waals surface area contributed by atoms with Crippen molar-refractivity contribution in [3.63, 3.8) is 0 Å². The number of halogens is 1. The Morgan fingerprint density at radius 3 is 2.59 bits per heavy atom.